The molecule has 1 aromatic heterocycles. The van der Waals surface area contributed by atoms with Crippen molar-refractivity contribution in [1.29, 1.82) is 0 Å². The molecule has 2 N–H and O–H groups in total. The number of benzene rings is 1. The second-order valence-corrected chi connectivity index (χ2v) is 9.57. The number of nitrogens with zero attached hydrogens (tertiary/aromatic N) is 2. The van der Waals surface area contributed by atoms with Crippen molar-refractivity contribution in [2.75, 3.05) is 52.1 Å². The fraction of sp³-hybridized carbons (Fsp3) is 0.458. The number of likely N-dealkylation sites (N-methyl/N-ethyl adjacent to an activating group) is 1. The van der Waals surface area contributed by atoms with Gasteiger partial charge in [-0.3, -0.25) is 4.79 Å². The molecule has 1 amide bonds. The molecule has 30 heavy (non-hydrogen) atoms. The Morgan fingerprint density at radius 1 is 1.00 bits per heavy atom. The second kappa shape index (κ2) is 9.88. The minimum atomic E-state index is 0.0341. The third kappa shape index (κ3) is 5.58. The number of anilines is 1. The zero-order valence-corrected chi connectivity index (χ0v) is 18.8. The first-order valence-electron chi connectivity index (χ1n) is 10.9. The molecule has 160 valence electrons. The minimum Gasteiger partial charge on any atom is -0.317 e. The molecule has 0 radical (unpaired) electrons. The topological polar surface area (TPSA) is 47.6 Å². The van der Waals surface area contributed by atoms with E-state index < -0.39 is 0 Å². The lowest BCUT2D eigenvalue weighted by Crippen LogP contribution is -2.43. The Morgan fingerprint density at radius 2 is 1.73 bits per heavy atom. The van der Waals surface area contributed by atoms with Crippen molar-refractivity contribution in [3.05, 3.63) is 48.0 Å². The largest absolute Gasteiger partial charge is 0.317 e. The van der Waals surface area contributed by atoms with Crippen LogP contribution in [-0.2, 0) is 4.79 Å². The molecular weight excluding hydrogens is 392 g/mol. The molecule has 1 aromatic carbocycles. The van der Waals surface area contributed by atoms with Crippen LogP contribution in [0.15, 0.2) is 42.5 Å². The predicted octanol–water partition coefficient (Wildman–Crippen LogP) is 3.76. The first kappa shape index (κ1) is 21.2. The Balaban J connectivity index is 1.30. The Morgan fingerprint density at radius 3 is 2.43 bits per heavy atom. The number of thiophene rings is 1. The molecular formula is C24H32N4OS. The molecule has 2 aliphatic rings. The molecule has 1 fully saturated rings. The fourth-order valence-electron chi connectivity index (χ4n) is 4.07. The molecule has 4 rings (SSSR count). The number of nitrogens with one attached hydrogen (secondary N) is 2. The molecule has 2 aliphatic heterocycles. The summed E-state index contributed by atoms with van der Waals surface area (Å²) in [7, 11) is 4.31. The smallest absolute Gasteiger partial charge is 0.238 e. The van der Waals surface area contributed by atoms with Gasteiger partial charge < -0.3 is 20.4 Å². The number of carbonyl (C=O) groups excluding carboxylic acids is 1. The molecule has 1 saturated heterocycles. The molecule has 0 atom stereocenters. The maximum absolute atomic E-state index is 12.3. The highest BCUT2D eigenvalue weighted by Crippen LogP contribution is 2.32. The summed E-state index contributed by atoms with van der Waals surface area (Å²) in [5, 5.41) is 7.34. The molecule has 0 spiro atoms. The van der Waals surface area contributed by atoms with Crippen LogP contribution in [0.2, 0.25) is 0 Å². The third-order valence-corrected chi connectivity index (χ3v) is 7.14. The van der Waals surface area contributed by atoms with E-state index in [1.807, 2.05) is 6.07 Å². The Kier molecular flexibility index (Phi) is 7.00. The highest BCUT2D eigenvalue weighted by molar-refractivity contribution is 7.19. The van der Waals surface area contributed by atoms with Crippen LogP contribution in [-0.4, -0.2) is 68.6 Å². The van der Waals surface area contributed by atoms with Gasteiger partial charge >= 0.3 is 0 Å². The number of likely N-dealkylation sites (tertiary alicyclic amines) is 1. The number of amides is 1. The van der Waals surface area contributed by atoms with E-state index in [4.69, 9.17) is 0 Å². The predicted molar refractivity (Wildman–Crippen MR) is 127 cm³/mol. The summed E-state index contributed by atoms with van der Waals surface area (Å²) in [6.45, 7) is 4.72. The number of hydrogen-bond acceptors (Lipinski definition) is 5. The number of hydrogen-bond donors (Lipinski definition) is 2. The van der Waals surface area contributed by atoms with Crippen molar-refractivity contribution in [2.45, 2.75) is 25.3 Å². The van der Waals surface area contributed by atoms with Gasteiger partial charge in [-0.15, -0.1) is 11.3 Å². The first-order valence-corrected chi connectivity index (χ1v) is 11.7. The lowest BCUT2D eigenvalue weighted by Gasteiger charge is -2.29. The Bertz CT molecular complexity index is 881. The van der Waals surface area contributed by atoms with Crippen LogP contribution in [0.5, 0.6) is 0 Å². The average molecular weight is 425 g/mol. The number of carbonyl (C=O) groups is 1. The highest BCUT2D eigenvalue weighted by atomic mass is 32.1. The van der Waals surface area contributed by atoms with Gasteiger partial charge in [0, 0.05) is 24.0 Å². The van der Waals surface area contributed by atoms with E-state index >= 15 is 0 Å². The van der Waals surface area contributed by atoms with Gasteiger partial charge in [-0.2, -0.15) is 0 Å². The van der Waals surface area contributed by atoms with Gasteiger partial charge in [0.1, 0.15) is 0 Å². The molecule has 0 unspecified atom stereocenters. The normalized spacial score (nSPS) is 18.9. The van der Waals surface area contributed by atoms with Gasteiger partial charge in [0.15, 0.2) is 0 Å². The molecule has 0 saturated carbocycles. The van der Waals surface area contributed by atoms with Crippen LogP contribution in [0.1, 0.15) is 24.8 Å². The van der Waals surface area contributed by atoms with Gasteiger partial charge in [0.2, 0.25) is 5.91 Å². The molecule has 5 nitrogen and oxygen atoms in total. The summed E-state index contributed by atoms with van der Waals surface area (Å²) >= 11 is 1.63. The van der Waals surface area contributed by atoms with Crippen LogP contribution < -0.4 is 10.6 Å². The van der Waals surface area contributed by atoms with Gasteiger partial charge in [-0.25, -0.2) is 0 Å². The molecule has 2 aromatic rings. The summed E-state index contributed by atoms with van der Waals surface area (Å²) in [6, 6.07) is 13.4. The summed E-state index contributed by atoms with van der Waals surface area (Å²) in [5.41, 5.74) is 3.95. The SMILES string of the molecule is CN1CC=C(c2ccc(-c3ccc(NC(=O)CNC4CCN(C)CC4)s3)cc2)CC1. The van der Waals surface area contributed by atoms with Gasteiger partial charge in [-0.1, -0.05) is 30.3 Å². The average Bonchev–Trinajstić information content (AvgIpc) is 3.22. The molecule has 0 aliphatic carbocycles. The Labute approximate surface area is 183 Å². The third-order valence-electron chi connectivity index (χ3n) is 6.09. The van der Waals surface area contributed by atoms with Crippen molar-refractivity contribution in [1.82, 2.24) is 15.1 Å². The van der Waals surface area contributed by atoms with Gasteiger partial charge in [0.05, 0.1) is 11.5 Å². The maximum atomic E-state index is 12.3. The monoisotopic (exact) mass is 424 g/mol. The van der Waals surface area contributed by atoms with Gasteiger partial charge in [-0.05, 0) is 75.3 Å². The highest BCUT2D eigenvalue weighted by Gasteiger charge is 2.17. The van der Waals surface area contributed by atoms with Crippen LogP contribution in [0, 0.1) is 0 Å². The van der Waals surface area contributed by atoms with Crippen LogP contribution >= 0.6 is 11.3 Å². The summed E-state index contributed by atoms with van der Waals surface area (Å²) < 4.78 is 0. The second-order valence-electron chi connectivity index (χ2n) is 8.49. The van der Waals surface area contributed by atoms with E-state index in [0.29, 0.717) is 12.6 Å². The van der Waals surface area contributed by atoms with E-state index in [-0.39, 0.29) is 5.91 Å². The number of piperidine rings is 1. The van der Waals surface area contributed by atoms with Crippen molar-refractivity contribution in [3.8, 4) is 10.4 Å². The molecule has 3 heterocycles. The summed E-state index contributed by atoms with van der Waals surface area (Å²) in [5.74, 6) is 0.0341. The maximum Gasteiger partial charge on any atom is 0.238 e. The van der Waals surface area contributed by atoms with E-state index in [0.717, 1.165) is 50.4 Å². The van der Waals surface area contributed by atoms with E-state index in [9.17, 15) is 4.79 Å². The minimum absolute atomic E-state index is 0.0341. The van der Waals surface area contributed by atoms with Crippen LogP contribution in [0.25, 0.3) is 16.0 Å². The lowest BCUT2D eigenvalue weighted by atomic mass is 9.98. The van der Waals surface area contributed by atoms with Crippen LogP contribution in [0.3, 0.4) is 0 Å². The Hall–Kier alpha value is -1.99. The molecule has 6 heteroatoms. The van der Waals surface area contributed by atoms with Crippen molar-refractivity contribution < 1.29 is 4.79 Å². The van der Waals surface area contributed by atoms with Crippen molar-refractivity contribution in [2.24, 2.45) is 0 Å². The van der Waals surface area contributed by atoms with E-state index in [1.54, 1.807) is 11.3 Å². The van der Waals surface area contributed by atoms with E-state index in [1.165, 1.54) is 21.6 Å². The summed E-state index contributed by atoms with van der Waals surface area (Å²) in [6.07, 6.45) is 5.65. The first-order chi connectivity index (χ1) is 14.6. The molecule has 0 bridgehead atoms. The van der Waals surface area contributed by atoms with Gasteiger partial charge in [0.25, 0.3) is 0 Å². The summed E-state index contributed by atoms with van der Waals surface area (Å²) in [4.78, 5) is 18.2. The zero-order valence-electron chi connectivity index (χ0n) is 18.0. The number of rotatable bonds is 6. The van der Waals surface area contributed by atoms with Crippen molar-refractivity contribution in [3.63, 3.8) is 0 Å². The van der Waals surface area contributed by atoms with Crippen LogP contribution in [0.4, 0.5) is 5.00 Å². The zero-order chi connectivity index (χ0) is 20.9. The quantitative estimate of drug-likeness (QED) is 0.741. The van der Waals surface area contributed by atoms with Crippen molar-refractivity contribution >= 4 is 27.8 Å². The van der Waals surface area contributed by atoms with E-state index in [2.05, 4.69) is 70.9 Å². The fourth-order valence-corrected chi connectivity index (χ4v) is 5.00. The lowest BCUT2D eigenvalue weighted by molar-refractivity contribution is -0.115. The standard InChI is InChI=1S/C24H32N4OS/c1-27-13-9-19(10-14-27)18-3-5-20(6-4-18)22-7-8-24(30-22)26-23(29)17-25-21-11-15-28(2)16-12-21/h3-9,21,25H,10-17H2,1-2H3,(H,26,29).